The zero-order chi connectivity index (χ0) is 16.7. The summed E-state index contributed by atoms with van der Waals surface area (Å²) < 4.78 is 25.4. The van der Waals surface area contributed by atoms with Crippen LogP contribution in [0, 0.1) is 0 Å². The van der Waals surface area contributed by atoms with Crippen molar-refractivity contribution >= 4 is 38.4 Å². The number of thiophene rings is 1. The summed E-state index contributed by atoms with van der Waals surface area (Å²) in [6.07, 6.45) is 3.02. The van der Waals surface area contributed by atoms with Crippen molar-refractivity contribution in [2.24, 2.45) is 0 Å². The largest absolute Gasteiger partial charge is 0.270 e. The Morgan fingerprint density at radius 3 is 2.83 bits per heavy atom. The molecule has 4 nitrogen and oxygen atoms in total. The number of sulfonamides is 1. The van der Waals surface area contributed by atoms with Crippen molar-refractivity contribution in [3.05, 3.63) is 46.7 Å². The lowest BCUT2D eigenvalue weighted by molar-refractivity contribution is 0.592. The molecule has 7 heteroatoms. The number of benzene rings is 1. The molecule has 0 saturated heterocycles. The molecule has 0 bridgehead atoms. The van der Waals surface area contributed by atoms with Gasteiger partial charge in [0, 0.05) is 17.5 Å². The molecule has 0 atom stereocenters. The number of fused-ring (bicyclic) bond motifs is 1. The average Bonchev–Trinajstić information content (AvgIpc) is 3.23. The zero-order valence-electron chi connectivity index (χ0n) is 13.1. The molecule has 0 saturated carbocycles. The Morgan fingerprint density at radius 2 is 2.08 bits per heavy atom. The molecule has 0 radical (unpaired) electrons. The van der Waals surface area contributed by atoms with E-state index in [0.717, 1.165) is 40.4 Å². The van der Waals surface area contributed by atoms with Crippen molar-refractivity contribution in [1.82, 2.24) is 4.98 Å². The van der Waals surface area contributed by atoms with E-state index in [1.165, 1.54) is 15.4 Å². The summed E-state index contributed by atoms with van der Waals surface area (Å²) >= 11 is 3.32. The number of rotatable bonds is 3. The quantitative estimate of drug-likeness (QED) is 0.687. The highest BCUT2D eigenvalue weighted by atomic mass is 32.2. The van der Waals surface area contributed by atoms with Gasteiger partial charge in [-0.15, -0.1) is 22.7 Å². The van der Waals surface area contributed by atoms with Crippen LogP contribution >= 0.6 is 22.7 Å². The Labute approximate surface area is 149 Å². The predicted octanol–water partition coefficient (Wildman–Crippen LogP) is 4.25. The lowest BCUT2D eigenvalue weighted by atomic mass is 10.00. The number of aryl methyl sites for hydroxylation is 1. The van der Waals surface area contributed by atoms with E-state index >= 15 is 0 Å². The van der Waals surface area contributed by atoms with E-state index in [9.17, 15) is 8.42 Å². The molecule has 0 fully saturated rings. The van der Waals surface area contributed by atoms with Crippen molar-refractivity contribution in [1.29, 1.82) is 0 Å². The number of aromatic nitrogens is 1. The standard InChI is InChI=1S/C17H16N2O2S3/c1-24(20,21)19-8-2-4-13-10-12(6-7-15(13)19)14-11-23-17(18-14)16-5-3-9-22-16/h3,5-7,9-11H,2,4,8H2,1H3. The monoisotopic (exact) mass is 376 g/mol. The Bertz CT molecular complexity index is 975. The van der Waals surface area contributed by atoms with E-state index < -0.39 is 10.0 Å². The van der Waals surface area contributed by atoms with Crippen molar-refractivity contribution in [2.75, 3.05) is 17.1 Å². The van der Waals surface area contributed by atoms with Gasteiger partial charge in [0.2, 0.25) is 10.0 Å². The van der Waals surface area contributed by atoms with Gasteiger partial charge < -0.3 is 0 Å². The summed E-state index contributed by atoms with van der Waals surface area (Å²) in [5, 5.41) is 5.14. The van der Waals surface area contributed by atoms with Gasteiger partial charge in [0.15, 0.2) is 0 Å². The minimum absolute atomic E-state index is 0.560. The Hall–Kier alpha value is -1.70. The number of hydrogen-bond donors (Lipinski definition) is 0. The minimum Gasteiger partial charge on any atom is -0.270 e. The third-order valence-electron chi connectivity index (χ3n) is 4.09. The van der Waals surface area contributed by atoms with Gasteiger partial charge in [0.25, 0.3) is 0 Å². The number of thiazole rings is 1. The second-order valence-corrected chi connectivity index (χ2v) is 9.51. The minimum atomic E-state index is -3.22. The first-order valence-corrected chi connectivity index (χ1v) is 11.2. The van der Waals surface area contributed by atoms with Crippen molar-refractivity contribution in [3.63, 3.8) is 0 Å². The highest BCUT2D eigenvalue weighted by Crippen LogP contribution is 2.35. The van der Waals surface area contributed by atoms with Crippen molar-refractivity contribution in [3.8, 4) is 21.1 Å². The Morgan fingerprint density at radius 1 is 1.21 bits per heavy atom. The molecule has 1 aliphatic rings. The maximum atomic E-state index is 12.0. The molecule has 0 spiro atoms. The van der Waals surface area contributed by atoms with E-state index in [4.69, 9.17) is 4.98 Å². The van der Waals surface area contributed by atoms with Gasteiger partial charge in [-0.05, 0) is 42.0 Å². The lowest BCUT2D eigenvalue weighted by Crippen LogP contribution is -2.34. The molecule has 2 aromatic heterocycles. The average molecular weight is 377 g/mol. The molecule has 0 aliphatic carbocycles. The van der Waals surface area contributed by atoms with Crippen LogP contribution in [-0.2, 0) is 16.4 Å². The van der Waals surface area contributed by atoms with E-state index in [0.29, 0.717) is 6.54 Å². The van der Waals surface area contributed by atoms with E-state index in [1.807, 2.05) is 18.2 Å². The first-order chi connectivity index (χ1) is 11.5. The fraction of sp³-hybridized carbons (Fsp3) is 0.235. The van der Waals surface area contributed by atoms with Crippen LogP contribution in [0.2, 0.25) is 0 Å². The molecule has 0 N–H and O–H groups in total. The summed E-state index contributed by atoms with van der Waals surface area (Å²) in [4.78, 5) is 5.91. The van der Waals surface area contributed by atoms with Crippen LogP contribution < -0.4 is 4.31 Å². The maximum Gasteiger partial charge on any atom is 0.232 e. The number of nitrogens with zero attached hydrogens (tertiary/aromatic N) is 2. The zero-order valence-corrected chi connectivity index (χ0v) is 15.5. The van der Waals surface area contributed by atoms with Gasteiger partial charge in [-0.1, -0.05) is 12.1 Å². The molecule has 0 amide bonds. The highest BCUT2D eigenvalue weighted by molar-refractivity contribution is 7.92. The van der Waals surface area contributed by atoms with Gasteiger partial charge in [-0.2, -0.15) is 0 Å². The smallest absolute Gasteiger partial charge is 0.232 e. The van der Waals surface area contributed by atoms with Gasteiger partial charge in [0.1, 0.15) is 5.01 Å². The second kappa shape index (κ2) is 5.98. The van der Waals surface area contributed by atoms with E-state index in [1.54, 1.807) is 22.7 Å². The molecule has 1 aromatic carbocycles. The summed E-state index contributed by atoms with van der Waals surface area (Å²) in [5.41, 5.74) is 3.88. The molecule has 1 aliphatic heterocycles. The predicted molar refractivity (Wildman–Crippen MR) is 101 cm³/mol. The molecule has 4 rings (SSSR count). The van der Waals surface area contributed by atoms with Crippen LogP contribution in [0.3, 0.4) is 0 Å². The maximum absolute atomic E-state index is 12.0. The highest BCUT2D eigenvalue weighted by Gasteiger charge is 2.24. The van der Waals surface area contributed by atoms with E-state index in [-0.39, 0.29) is 0 Å². The molecule has 24 heavy (non-hydrogen) atoms. The van der Waals surface area contributed by atoms with Crippen LogP contribution in [0.15, 0.2) is 41.1 Å². The molecular formula is C17H16N2O2S3. The second-order valence-electron chi connectivity index (χ2n) is 5.80. The van der Waals surface area contributed by atoms with Gasteiger partial charge in [0.05, 0.1) is 22.5 Å². The molecule has 3 heterocycles. The fourth-order valence-electron chi connectivity index (χ4n) is 2.99. The Balaban J connectivity index is 1.71. The van der Waals surface area contributed by atoms with Crippen LogP contribution in [-0.4, -0.2) is 26.2 Å². The third-order valence-corrected chi connectivity index (χ3v) is 7.15. The summed E-state index contributed by atoms with van der Waals surface area (Å²) in [6.45, 7) is 0.560. The van der Waals surface area contributed by atoms with E-state index in [2.05, 4.69) is 22.9 Å². The summed E-state index contributed by atoms with van der Waals surface area (Å²) in [5.74, 6) is 0. The summed E-state index contributed by atoms with van der Waals surface area (Å²) in [6, 6.07) is 10.1. The Kier molecular flexibility index (Phi) is 3.94. The number of hydrogen-bond acceptors (Lipinski definition) is 5. The van der Waals surface area contributed by atoms with Crippen molar-refractivity contribution in [2.45, 2.75) is 12.8 Å². The first kappa shape index (κ1) is 15.8. The van der Waals surface area contributed by atoms with Crippen molar-refractivity contribution < 1.29 is 8.42 Å². The fourth-order valence-corrected chi connectivity index (χ4v) is 5.63. The molecular weight excluding hydrogens is 360 g/mol. The van der Waals surface area contributed by atoms with Crippen LogP contribution in [0.4, 0.5) is 5.69 Å². The third kappa shape index (κ3) is 2.87. The SMILES string of the molecule is CS(=O)(=O)N1CCCc2cc(-c3csc(-c4cccs4)n3)ccc21. The van der Waals surface area contributed by atoms with Gasteiger partial charge >= 0.3 is 0 Å². The topological polar surface area (TPSA) is 50.3 Å². The first-order valence-electron chi connectivity index (χ1n) is 7.63. The lowest BCUT2D eigenvalue weighted by Gasteiger charge is -2.29. The van der Waals surface area contributed by atoms with Gasteiger partial charge in [-0.25, -0.2) is 13.4 Å². The molecule has 124 valence electrons. The molecule has 3 aromatic rings. The van der Waals surface area contributed by atoms with Crippen LogP contribution in [0.25, 0.3) is 21.1 Å². The molecule has 0 unspecified atom stereocenters. The van der Waals surface area contributed by atoms with Crippen LogP contribution in [0.1, 0.15) is 12.0 Å². The van der Waals surface area contributed by atoms with Gasteiger partial charge in [-0.3, -0.25) is 4.31 Å². The van der Waals surface area contributed by atoms with Crippen LogP contribution in [0.5, 0.6) is 0 Å². The normalized spacial score (nSPS) is 14.6. The summed E-state index contributed by atoms with van der Waals surface area (Å²) in [7, 11) is -3.22. The number of anilines is 1.